The topological polar surface area (TPSA) is 65.2 Å². The Morgan fingerprint density at radius 1 is 1.28 bits per heavy atom. The Balaban J connectivity index is 1.45. The molecule has 5 nitrogen and oxygen atoms in total. The second-order valence-corrected chi connectivity index (χ2v) is 8.17. The fourth-order valence-corrected chi connectivity index (χ4v) is 4.72. The Morgan fingerprint density at radius 2 is 2.16 bits per heavy atom. The van der Waals surface area contributed by atoms with Gasteiger partial charge in [0.05, 0.1) is 4.88 Å². The lowest BCUT2D eigenvalue weighted by molar-refractivity contribution is 0.0285. The second kappa shape index (κ2) is 7.09. The number of thiophene rings is 2. The molecular weight excluding hydrogens is 356 g/mol. The first-order valence-electron chi connectivity index (χ1n) is 8.40. The highest BCUT2D eigenvalue weighted by molar-refractivity contribution is 7.14. The highest BCUT2D eigenvalue weighted by Gasteiger charge is 2.23. The summed E-state index contributed by atoms with van der Waals surface area (Å²) in [6, 6.07) is 5.83. The molecule has 1 aliphatic carbocycles. The van der Waals surface area contributed by atoms with E-state index in [9.17, 15) is 4.79 Å². The molecule has 4 rings (SSSR count). The maximum absolute atomic E-state index is 12.5. The van der Waals surface area contributed by atoms with Gasteiger partial charge in [-0.25, -0.2) is 4.79 Å². The minimum Gasteiger partial charge on any atom is -0.448 e. The molecule has 0 amide bonds. The summed E-state index contributed by atoms with van der Waals surface area (Å²) >= 11 is 3.08. The molecule has 0 saturated carbocycles. The number of carbonyl (C=O) groups excluding carboxylic acids is 1. The molecule has 0 bridgehead atoms. The third kappa shape index (κ3) is 3.52. The molecule has 0 aromatic carbocycles. The molecule has 3 aromatic rings. The highest BCUT2D eigenvalue weighted by atomic mass is 32.1. The minimum absolute atomic E-state index is 0.315. The largest absolute Gasteiger partial charge is 0.448 e. The van der Waals surface area contributed by atoms with Gasteiger partial charge in [-0.15, -0.1) is 32.9 Å². The zero-order valence-electron chi connectivity index (χ0n) is 13.9. The van der Waals surface area contributed by atoms with Crippen LogP contribution in [0.5, 0.6) is 0 Å². The number of hydrogen-bond donors (Lipinski definition) is 0. The van der Waals surface area contributed by atoms with Crippen LogP contribution in [0.3, 0.4) is 0 Å². The third-order valence-corrected chi connectivity index (χ3v) is 6.33. The van der Waals surface area contributed by atoms with Crippen LogP contribution in [0.4, 0.5) is 0 Å². The van der Waals surface area contributed by atoms with Gasteiger partial charge >= 0.3 is 5.97 Å². The minimum atomic E-state index is -0.574. The third-order valence-electron chi connectivity index (χ3n) is 4.25. The summed E-state index contributed by atoms with van der Waals surface area (Å²) in [4.78, 5) is 15.4. The predicted molar refractivity (Wildman–Crippen MR) is 97.0 cm³/mol. The highest BCUT2D eigenvalue weighted by Crippen LogP contribution is 2.31. The summed E-state index contributed by atoms with van der Waals surface area (Å²) in [5.41, 5.74) is 1.31. The van der Waals surface area contributed by atoms with E-state index in [-0.39, 0.29) is 5.97 Å². The Kier molecular flexibility index (Phi) is 4.67. The van der Waals surface area contributed by atoms with Crippen LogP contribution in [0.15, 0.2) is 28.0 Å². The lowest BCUT2D eigenvalue weighted by Gasteiger charge is -2.07. The number of aryl methyl sites for hydroxylation is 2. The Bertz CT molecular complexity index is 843. The van der Waals surface area contributed by atoms with Gasteiger partial charge in [-0.1, -0.05) is 12.5 Å². The van der Waals surface area contributed by atoms with Gasteiger partial charge in [0.1, 0.15) is 4.88 Å². The first-order chi connectivity index (χ1) is 12.2. The van der Waals surface area contributed by atoms with Gasteiger partial charge in [-0.05, 0) is 55.7 Å². The summed E-state index contributed by atoms with van der Waals surface area (Å²) < 4.78 is 11.2. The van der Waals surface area contributed by atoms with Crippen LogP contribution >= 0.6 is 22.7 Å². The van der Waals surface area contributed by atoms with Crippen LogP contribution < -0.4 is 0 Å². The second-order valence-electron chi connectivity index (χ2n) is 6.09. The molecule has 0 radical (unpaired) electrons. The van der Waals surface area contributed by atoms with Gasteiger partial charge in [0.15, 0.2) is 6.10 Å². The summed E-state index contributed by atoms with van der Waals surface area (Å²) in [5, 5.41) is 9.99. The first kappa shape index (κ1) is 16.5. The van der Waals surface area contributed by atoms with Crippen LogP contribution in [-0.4, -0.2) is 16.2 Å². The van der Waals surface area contributed by atoms with Crippen molar-refractivity contribution in [2.24, 2.45) is 0 Å². The van der Waals surface area contributed by atoms with Crippen molar-refractivity contribution in [3.8, 4) is 10.8 Å². The molecule has 130 valence electrons. The van der Waals surface area contributed by atoms with Crippen LogP contribution in [0.2, 0.25) is 0 Å². The molecule has 0 unspecified atom stereocenters. The Hall–Kier alpha value is -1.99. The van der Waals surface area contributed by atoms with E-state index >= 15 is 0 Å². The van der Waals surface area contributed by atoms with Crippen molar-refractivity contribution in [1.29, 1.82) is 0 Å². The Labute approximate surface area is 153 Å². The molecular formula is C18H18N2O3S2. The van der Waals surface area contributed by atoms with Crippen molar-refractivity contribution in [1.82, 2.24) is 10.2 Å². The molecule has 0 N–H and O–H groups in total. The summed E-state index contributed by atoms with van der Waals surface area (Å²) in [5.74, 6) is 0.451. The molecule has 3 heterocycles. The molecule has 0 saturated heterocycles. The molecule has 0 spiro atoms. The van der Waals surface area contributed by atoms with Gasteiger partial charge in [0, 0.05) is 4.88 Å². The maximum atomic E-state index is 12.5. The van der Waals surface area contributed by atoms with Crippen molar-refractivity contribution in [2.75, 3.05) is 0 Å². The van der Waals surface area contributed by atoms with E-state index in [4.69, 9.17) is 9.15 Å². The van der Waals surface area contributed by atoms with Crippen molar-refractivity contribution in [3.63, 3.8) is 0 Å². The number of esters is 1. The normalized spacial score (nSPS) is 15.4. The standard InChI is InChI=1S/C18H18N2O3S2/c1-11(16-19-20-17(23-16)14-8-5-9-24-14)22-18(21)15-10-12-6-3-2-4-7-13(12)25-15/h5,8-11H,2-4,6-7H2,1H3/t11-/m1/s1. The molecule has 1 atom stereocenters. The van der Waals surface area contributed by atoms with Crippen LogP contribution in [0.1, 0.15) is 58.3 Å². The summed E-state index contributed by atoms with van der Waals surface area (Å²) in [7, 11) is 0. The van der Waals surface area contributed by atoms with E-state index in [1.807, 2.05) is 23.6 Å². The van der Waals surface area contributed by atoms with Crippen molar-refractivity contribution < 1.29 is 13.9 Å². The van der Waals surface area contributed by atoms with Crippen LogP contribution in [0.25, 0.3) is 10.8 Å². The van der Waals surface area contributed by atoms with E-state index in [2.05, 4.69) is 10.2 Å². The summed E-state index contributed by atoms with van der Waals surface area (Å²) in [6.45, 7) is 1.75. The fraction of sp³-hybridized carbons (Fsp3) is 0.389. The summed E-state index contributed by atoms with van der Waals surface area (Å²) in [6.07, 6.45) is 5.21. The SMILES string of the molecule is C[C@@H](OC(=O)c1cc2c(s1)CCCCC2)c1nnc(-c2cccs2)o1. The number of carbonyl (C=O) groups is 1. The quantitative estimate of drug-likeness (QED) is 0.472. The van der Waals surface area contributed by atoms with Crippen molar-refractivity contribution in [2.45, 2.75) is 45.1 Å². The molecule has 0 fully saturated rings. The number of fused-ring (bicyclic) bond motifs is 1. The van der Waals surface area contributed by atoms with Gasteiger partial charge in [-0.2, -0.15) is 0 Å². The monoisotopic (exact) mass is 374 g/mol. The van der Waals surface area contributed by atoms with E-state index in [1.165, 1.54) is 41.0 Å². The van der Waals surface area contributed by atoms with Gasteiger partial charge in [0.2, 0.25) is 0 Å². The molecule has 25 heavy (non-hydrogen) atoms. The van der Waals surface area contributed by atoms with Crippen LogP contribution in [0, 0.1) is 0 Å². The smallest absolute Gasteiger partial charge is 0.349 e. The van der Waals surface area contributed by atoms with E-state index < -0.39 is 6.10 Å². The number of nitrogens with zero attached hydrogens (tertiary/aromatic N) is 2. The van der Waals surface area contributed by atoms with E-state index in [0.29, 0.717) is 16.7 Å². The zero-order chi connectivity index (χ0) is 17.2. The molecule has 7 heteroatoms. The zero-order valence-corrected chi connectivity index (χ0v) is 15.5. The Morgan fingerprint density at radius 3 is 3.00 bits per heavy atom. The number of rotatable bonds is 4. The van der Waals surface area contributed by atoms with Gasteiger partial charge in [0.25, 0.3) is 11.8 Å². The first-order valence-corrected chi connectivity index (χ1v) is 10.1. The van der Waals surface area contributed by atoms with Gasteiger partial charge in [-0.3, -0.25) is 0 Å². The molecule has 3 aromatic heterocycles. The van der Waals surface area contributed by atoms with Crippen LogP contribution in [-0.2, 0) is 17.6 Å². The molecule has 0 aliphatic heterocycles. The van der Waals surface area contributed by atoms with E-state index in [1.54, 1.807) is 18.3 Å². The number of aromatic nitrogens is 2. The molecule has 1 aliphatic rings. The predicted octanol–water partition coefficient (Wildman–Crippen LogP) is 5.05. The van der Waals surface area contributed by atoms with Crippen molar-refractivity contribution >= 4 is 28.6 Å². The maximum Gasteiger partial charge on any atom is 0.349 e. The van der Waals surface area contributed by atoms with Gasteiger partial charge < -0.3 is 9.15 Å². The lowest BCUT2D eigenvalue weighted by atomic mass is 10.1. The number of hydrogen-bond acceptors (Lipinski definition) is 7. The fourth-order valence-electron chi connectivity index (χ4n) is 2.94. The van der Waals surface area contributed by atoms with Crippen molar-refractivity contribution in [3.05, 3.63) is 44.8 Å². The average Bonchev–Trinajstić information content (AvgIpc) is 3.33. The lowest BCUT2D eigenvalue weighted by Crippen LogP contribution is -2.08. The number of ether oxygens (including phenoxy) is 1. The average molecular weight is 374 g/mol. The van der Waals surface area contributed by atoms with E-state index in [0.717, 1.165) is 17.7 Å².